The van der Waals surface area contributed by atoms with E-state index in [4.69, 9.17) is 0 Å². The number of aromatic nitrogens is 2. The first-order valence-corrected chi connectivity index (χ1v) is 9.12. The third-order valence-electron chi connectivity index (χ3n) is 5.71. The normalized spacial score (nSPS) is 15.7. The van der Waals surface area contributed by atoms with Crippen molar-refractivity contribution in [1.82, 2.24) is 9.38 Å². The molecule has 0 amide bonds. The molecule has 2 aromatic heterocycles. The lowest BCUT2D eigenvalue weighted by atomic mass is 9.94. The summed E-state index contributed by atoms with van der Waals surface area (Å²) in [5.41, 5.74) is 2.00. The van der Waals surface area contributed by atoms with E-state index in [0.717, 1.165) is 11.0 Å². The van der Waals surface area contributed by atoms with Crippen LogP contribution in [0.2, 0.25) is 0 Å². The van der Waals surface area contributed by atoms with Gasteiger partial charge in [-0.3, -0.25) is 0 Å². The fourth-order valence-electron chi connectivity index (χ4n) is 3.93. The number of alkyl halides is 3. The van der Waals surface area contributed by atoms with Gasteiger partial charge in [0.1, 0.15) is 0 Å². The molecule has 0 radical (unpaired) electrons. The molecule has 1 aliphatic rings. The molecule has 1 fully saturated rings. The number of benzene rings is 2. The van der Waals surface area contributed by atoms with E-state index in [1.165, 1.54) is 24.3 Å². The Bertz CT molecular complexity index is 1270. The number of nitrogens with zero attached hydrogens (tertiary/aromatic N) is 2. The number of carboxylic acid groups (broad SMARTS) is 1. The Labute approximate surface area is 163 Å². The van der Waals surface area contributed by atoms with Gasteiger partial charge in [-0.05, 0) is 48.7 Å². The Morgan fingerprint density at radius 3 is 2.38 bits per heavy atom. The summed E-state index contributed by atoms with van der Waals surface area (Å²) in [6.07, 6.45) is -2.17. The maximum absolute atomic E-state index is 13.4. The van der Waals surface area contributed by atoms with Gasteiger partial charge < -0.3 is 9.51 Å². The first-order chi connectivity index (χ1) is 13.8. The number of carbonyl (C=O) groups is 1. The molecule has 2 aromatic carbocycles. The summed E-state index contributed by atoms with van der Waals surface area (Å²) in [4.78, 5) is 15.9. The van der Waals surface area contributed by atoms with Crippen LogP contribution in [0.3, 0.4) is 0 Å². The molecular weight excluding hydrogens is 381 g/mol. The summed E-state index contributed by atoms with van der Waals surface area (Å²) in [5, 5.41) is 9.26. The molecule has 2 heterocycles. The summed E-state index contributed by atoms with van der Waals surface area (Å²) in [7, 11) is 0. The van der Waals surface area contributed by atoms with Crippen molar-refractivity contribution in [2.45, 2.75) is 24.4 Å². The third-order valence-corrected chi connectivity index (χ3v) is 5.71. The van der Waals surface area contributed by atoms with Gasteiger partial charge in [0, 0.05) is 11.8 Å². The molecule has 5 rings (SSSR count). The molecule has 0 spiro atoms. The smallest absolute Gasteiger partial charge is 0.398 e. The highest BCUT2D eigenvalue weighted by Crippen LogP contribution is 2.58. The maximum atomic E-state index is 13.4. The van der Waals surface area contributed by atoms with Crippen LogP contribution >= 0.6 is 0 Å². The standard InChI is InChI=1S/C22H15F3N2O2/c23-22(24,25)21(9-10-21)15-6-3-13(4-7-15)19-18-2-1-11-27(18)17-8-5-14(20(28)29)12-16(17)26-19/h1-8,11-12H,9-10H2,(H,28,29). The van der Waals surface area contributed by atoms with Crippen LogP contribution in [0.25, 0.3) is 27.8 Å². The fraction of sp³-hybridized carbons (Fsp3) is 0.182. The molecule has 29 heavy (non-hydrogen) atoms. The Morgan fingerprint density at radius 2 is 1.76 bits per heavy atom. The van der Waals surface area contributed by atoms with Crippen LogP contribution in [0.5, 0.6) is 0 Å². The first kappa shape index (κ1) is 17.7. The molecule has 7 heteroatoms. The minimum atomic E-state index is -4.25. The molecule has 0 saturated heterocycles. The van der Waals surface area contributed by atoms with Gasteiger partial charge in [-0.15, -0.1) is 0 Å². The van der Waals surface area contributed by atoms with Crippen molar-refractivity contribution >= 4 is 22.5 Å². The lowest BCUT2D eigenvalue weighted by Gasteiger charge is -2.20. The van der Waals surface area contributed by atoms with Crippen molar-refractivity contribution in [2.75, 3.05) is 0 Å². The van der Waals surface area contributed by atoms with Crippen LogP contribution in [0.1, 0.15) is 28.8 Å². The molecule has 0 unspecified atom stereocenters. The number of hydrogen-bond donors (Lipinski definition) is 1. The largest absolute Gasteiger partial charge is 0.478 e. The van der Waals surface area contributed by atoms with E-state index in [1.807, 2.05) is 22.7 Å². The van der Waals surface area contributed by atoms with E-state index in [-0.39, 0.29) is 24.0 Å². The van der Waals surface area contributed by atoms with E-state index >= 15 is 0 Å². The number of halogens is 3. The quantitative estimate of drug-likeness (QED) is 0.501. The zero-order valence-corrected chi connectivity index (χ0v) is 15.1. The van der Waals surface area contributed by atoms with E-state index < -0.39 is 17.6 Å². The van der Waals surface area contributed by atoms with Crippen molar-refractivity contribution in [2.24, 2.45) is 0 Å². The summed E-state index contributed by atoms with van der Waals surface area (Å²) >= 11 is 0. The molecule has 1 saturated carbocycles. The average molecular weight is 396 g/mol. The second-order valence-corrected chi connectivity index (χ2v) is 7.39. The van der Waals surface area contributed by atoms with E-state index in [0.29, 0.717) is 16.8 Å². The van der Waals surface area contributed by atoms with Crippen LogP contribution in [-0.4, -0.2) is 26.6 Å². The highest BCUT2D eigenvalue weighted by molar-refractivity contribution is 5.94. The second kappa shape index (κ2) is 5.83. The third kappa shape index (κ3) is 2.61. The minimum Gasteiger partial charge on any atom is -0.478 e. The zero-order valence-electron chi connectivity index (χ0n) is 15.1. The number of fused-ring (bicyclic) bond motifs is 3. The van der Waals surface area contributed by atoms with Crippen LogP contribution in [0.15, 0.2) is 60.8 Å². The molecule has 0 atom stereocenters. The van der Waals surface area contributed by atoms with Gasteiger partial charge in [0.05, 0.1) is 33.2 Å². The summed E-state index contributed by atoms with van der Waals surface area (Å²) in [6, 6.07) is 14.8. The maximum Gasteiger partial charge on any atom is 0.398 e. The molecule has 4 aromatic rings. The van der Waals surface area contributed by atoms with Gasteiger partial charge in [0.2, 0.25) is 0 Å². The van der Waals surface area contributed by atoms with Gasteiger partial charge in [-0.1, -0.05) is 24.3 Å². The highest BCUT2D eigenvalue weighted by atomic mass is 19.4. The van der Waals surface area contributed by atoms with Crippen molar-refractivity contribution in [3.8, 4) is 11.3 Å². The van der Waals surface area contributed by atoms with Gasteiger partial charge in [0.25, 0.3) is 0 Å². The Hall–Kier alpha value is -3.35. The topological polar surface area (TPSA) is 54.6 Å². The van der Waals surface area contributed by atoms with Crippen LogP contribution < -0.4 is 0 Å². The average Bonchev–Trinajstić information content (AvgIpc) is 3.38. The predicted molar refractivity (Wildman–Crippen MR) is 102 cm³/mol. The predicted octanol–water partition coefficient (Wildman–Crippen LogP) is 5.45. The van der Waals surface area contributed by atoms with Gasteiger partial charge >= 0.3 is 12.1 Å². The number of hydrogen-bond acceptors (Lipinski definition) is 2. The number of aromatic carboxylic acids is 1. The second-order valence-electron chi connectivity index (χ2n) is 7.39. The van der Waals surface area contributed by atoms with Gasteiger partial charge in [-0.25, -0.2) is 9.78 Å². The van der Waals surface area contributed by atoms with Crippen molar-refractivity contribution < 1.29 is 23.1 Å². The summed E-state index contributed by atoms with van der Waals surface area (Å²) in [6.45, 7) is 0. The Morgan fingerprint density at radius 1 is 1.03 bits per heavy atom. The number of rotatable bonds is 3. The molecular formula is C22H15F3N2O2. The molecule has 146 valence electrons. The molecule has 4 nitrogen and oxygen atoms in total. The molecule has 1 aliphatic carbocycles. The van der Waals surface area contributed by atoms with Gasteiger partial charge in [0.15, 0.2) is 0 Å². The van der Waals surface area contributed by atoms with Crippen LogP contribution in [0.4, 0.5) is 13.2 Å². The van der Waals surface area contributed by atoms with Crippen molar-refractivity contribution in [3.63, 3.8) is 0 Å². The summed E-state index contributed by atoms with van der Waals surface area (Å²) < 4.78 is 42.1. The minimum absolute atomic E-state index is 0.116. The van der Waals surface area contributed by atoms with Crippen LogP contribution in [-0.2, 0) is 5.41 Å². The fourth-order valence-corrected chi connectivity index (χ4v) is 3.93. The summed E-state index contributed by atoms with van der Waals surface area (Å²) in [5.74, 6) is -1.05. The van der Waals surface area contributed by atoms with Crippen molar-refractivity contribution in [3.05, 3.63) is 71.9 Å². The zero-order chi connectivity index (χ0) is 20.4. The number of carboxylic acids is 1. The Balaban J connectivity index is 1.66. The monoisotopic (exact) mass is 396 g/mol. The highest BCUT2D eigenvalue weighted by Gasteiger charge is 2.64. The lowest BCUT2D eigenvalue weighted by Crippen LogP contribution is -2.28. The van der Waals surface area contributed by atoms with E-state index in [2.05, 4.69) is 4.98 Å². The molecule has 1 N–H and O–H groups in total. The van der Waals surface area contributed by atoms with Crippen LogP contribution in [0, 0.1) is 0 Å². The SMILES string of the molecule is O=C(O)c1ccc2c(c1)nc(-c1ccc(C3(C(F)(F)F)CC3)cc1)c1cccn12. The van der Waals surface area contributed by atoms with E-state index in [9.17, 15) is 23.1 Å². The van der Waals surface area contributed by atoms with Gasteiger partial charge in [-0.2, -0.15) is 13.2 Å². The first-order valence-electron chi connectivity index (χ1n) is 9.12. The molecule has 0 bridgehead atoms. The van der Waals surface area contributed by atoms with E-state index in [1.54, 1.807) is 18.2 Å². The Kier molecular flexibility index (Phi) is 3.56. The lowest BCUT2D eigenvalue weighted by molar-refractivity contribution is -0.160. The van der Waals surface area contributed by atoms with Crippen molar-refractivity contribution in [1.29, 1.82) is 0 Å². The molecule has 0 aliphatic heterocycles.